The van der Waals surface area contributed by atoms with Crippen molar-refractivity contribution in [2.75, 3.05) is 7.11 Å². The molecule has 0 unspecified atom stereocenters. The van der Waals surface area contributed by atoms with Gasteiger partial charge in [0.2, 0.25) is 0 Å². The molecule has 0 bridgehead atoms. The summed E-state index contributed by atoms with van der Waals surface area (Å²) in [6.07, 6.45) is 5.74. The fourth-order valence-electron chi connectivity index (χ4n) is 0.314. The van der Waals surface area contributed by atoms with Gasteiger partial charge in [-0.2, -0.15) is 0 Å². The van der Waals surface area contributed by atoms with Crippen molar-refractivity contribution in [2.45, 2.75) is 13.0 Å². The fraction of sp³-hybridized carbons (Fsp3) is 0.429. The van der Waals surface area contributed by atoms with E-state index in [4.69, 9.17) is 4.74 Å². The molecule has 0 aromatic heterocycles. The van der Waals surface area contributed by atoms with Gasteiger partial charge in [-0.25, -0.2) is 0 Å². The Kier molecular flexibility index (Phi) is 4.27. The third-order valence-electron chi connectivity index (χ3n) is 0.890. The maximum atomic E-state index is 4.92. The van der Waals surface area contributed by atoms with Gasteiger partial charge >= 0.3 is 0 Å². The van der Waals surface area contributed by atoms with Crippen molar-refractivity contribution in [2.24, 2.45) is 0 Å². The maximum Gasteiger partial charge on any atom is 0.0726 e. The summed E-state index contributed by atoms with van der Waals surface area (Å²) in [7, 11) is 1.68. The Balaban J connectivity index is 3.35. The number of allylic oxidation sites excluding steroid dienone is 2. The van der Waals surface area contributed by atoms with E-state index >= 15 is 0 Å². The monoisotopic (exact) mass is 112 g/mol. The molecule has 1 heteroatoms. The standard InChI is InChI=1S/C7H12O/c1-4-5-6-7(2)8-3/h4-7H,1H2,2-3H3/b6-5+/t7-/m1/s1. The average molecular weight is 112 g/mol. The van der Waals surface area contributed by atoms with Crippen LogP contribution in [0.5, 0.6) is 0 Å². The van der Waals surface area contributed by atoms with Crippen molar-refractivity contribution in [3.8, 4) is 0 Å². The molecule has 46 valence electrons. The van der Waals surface area contributed by atoms with Crippen molar-refractivity contribution >= 4 is 0 Å². The van der Waals surface area contributed by atoms with Crippen LogP contribution in [-0.2, 0) is 4.74 Å². The summed E-state index contributed by atoms with van der Waals surface area (Å²) in [5.74, 6) is 0. The number of rotatable bonds is 3. The van der Waals surface area contributed by atoms with Crippen LogP contribution in [0.1, 0.15) is 6.92 Å². The predicted molar refractivity (Wildman–Crippen MR) is 35.8 cm³/mol. The van der Waals surface area contributed by atoms with E-state index in [-0.39, 0.29) is 6.10 Å². The Morgan fingerprint density at radius 2 is 2.25 bits per heavy atom. The number of methoxy groups -OCH3 is 1. The van der Waals surface area contributed by atoms with Gasteiger partial charge < -0.3 is 4.74 Å². The molecule has 0 heterocycles. The molecular formula is C7H12O. The van der Waals surface area contributed by atoms with Gasteiger partial charge in [-0.15, -0.1) is 0 Å². The first kappa shape index (κ1) is 7.44. The van der Waals surface area contributed by atoms with E-state index in [0.717, 1.165) is 0 Å². The quantitative estimate of drug-likeness (QED) is 0.505. The first-order valence-electron chi connectivity index (χ1n) is 2.63. The van der Waals surface area contributed by atoms with E-state index < -0.39 is 0 Å². The maximum absolute atomic E-state index is 4.92. The first-order chi connectivity index (χ1) is 3.81. The van der Waals surface area contributed by atoms with E-state index in [0.29, 0.717) is 0 Å². The molecule has 1 atom stereocenters. The lowest BCUT2D eigenvalue weighted by atomic mass is 10.3. The number of hydrogen-bond acceptors (Lipinski definition) is 1. The molecule has 0 radical (unpaired) electrons. The van der Waals surface area contributed by atoms with E-state index in [1.54, 1.807) is 13.2 Å². The minimum Gasteiger partial charge on any atom is -0.378 e. The molecule has 0 saturated heterocycles. The van der Waals surface area contributed by atoms with Gasteiger partial charge in [0.1, 0.15) is 0 Å². The Morgan fingerprint density at radius 3 is 2.62 bits per heavy atom. The molecular weight excluding hydrogens is 100 g/mol. The van der Waals surface area contributed by atoms with Crippen molar-refractivity contribution in [1.82, 2.24) is 0 Å². The molecule has 0 aliphatic carbocycles. The minimum atomic E-state index is 0.202. The van der Waals surface area contributed by atoms with Crippen LogP contribution in [0.2, 0.25) is 0 Å². The third kappa shape index (κ3) is 3.62. The van der Waals surface area contributed by atoms with Crippen LogP contribution in [0, 0.1) is 0 Å². The SMILES string of the molecule is C=C/C=C/[C@@H](C)OC. The lowest BCUT2D eigenvalue weighted by molar-refractivity contribution is 0.156. The fourth-order valence-corrected chi connectivity index (χ4v) is 0.314. The van der Waals surface area contributed by atoms with E-state index in [9.17, 15) is 0 Å². The topological polar surface area (TPSA) is 9.23 Å². The number of ether oxygens (including phenoxy) is 1. The van der Waals surface area contributed by atoms with Gasteiger partial charge in [-0.3, -0.25) is 0 Å². The Bertz CT molecular complexity index is 84.4. The summed E-state index contributed by atoms with van der Waals surface area (Å²) in [5.41, 5.74) is 0. The molecule has 0 aromatic rings. The summed E-state index contributed by atoms with van der Waals surface area (Å²) < 4.78 is 4.92. The lowest BCUT2D eigenvalue weighted by Gasteiger charge is -1.98. The second-order valence-electron chi connectivity index (χ2n) is 1.56. The molecule has 1 nitrogen and oxygen atoms in total. The molecule has 8 heavy (non-hydrogen) atoms. The Morgan fingerprint density at radius 1 is 1.62 bits per heavy atom. The number of hydrogen-bond donors (Lipinski definition) is 0. The highest BCUT2D eigenvalue weighted by molar-refractivity contribution is 4.99. The average Bonchev–Trinajstić information content (AvgIpc) is 1.83. The second kappa shape index (κ2) is 4.60. The highest BCUT2D eigenvalue weighted by Gasteiger charge is 1.86. The van der Waals surface area contributed by atoms with Gasteiger partial charge in [0, 0.05) is 7.11 Å². The molecule has 0 aromatic carbocycles. The molecule has 0 aliphatic rings. The van der Waals surface area contributed by atoms with Crippen molar-refractivity contribution in [3.63, 3.8) is 0 Å². The van der Waals surface area contributed by atoms with Gasteiger partial charge in [0.15, 0.2) is 0 Å². The highest BCUT2D eigenvalue weighted by Crippen LogP contribution is 1.88. The summed E-state index contributed by atoms with van der Waals surface area (Å²) in [5, 5.41) is 0. The largest absolute Gasteiger partial charge is 0.378 e. The van der Waals surface area contributed by atoms with Crippen LogP contribution in [0.25, 0.3) is 0 Å². The van der Waals surface area contributed by atoms with Gasteiger partial charge in [-0.1, -0.05) is 24.8 Å². The molecule has 0 N–H and O–H groups in total. The van der Waals surface area contributed by atoms with Crippen LogP contribution in [0.4, 0.5) is 0 Å². The molecule has 0 spiro atoms. The van der Waals surface area contributed by atoms with Crippen LogP contribution < -0.4 is 0 Å². The van der Waals surface area contributed by atoms with Gasteiger partial charge in [-0.05, 0) is 6.92 Å². The zero-order valence-electron chi connectivity index (χ0n) is 5.42. The Labute approximate surface area is 50.7 Å². The van der Waals surface area contributed by atoms with Crippen LogP contribution in [0.3, 0.4) is 0 Å². The highest BCUT2D eigenvalue weighted by atomic mass is 16.5. The van der Waals surface area contributed by atoms with E-state index in [2.05, 4.69) is 6.58 Å². The predicted octanol–water partition coefficient (Wildman–Crippen LogP) is 1.76. The first-order valence-corrected chi connectivity index (χ1v) is 2.63. The van der Waals surface area contributed by atoms with Gasteiger partial charge in [0.25, 0.3) is 0 Å². The van der Waals surface area contributed by atoms with Crippen molar-refractivity contribution in [3.05, 3.63) is 24.8 Å². The van der Waals surface area contributed by atoms with Crippen molar-refractivity contribution in [1.29, 1.82) is 0 Å². The third-order valence-corrected chi connectivity index (χ3v) is 0.890. The zero-order chi connectivity index (χ0) is 6.41. The summed E-state index contributed by atoms with van der Waals surface area (Å²) in [6, 6.07) is 0. The Hall–Kier alpha value is -0.560. The summed E-state index contributed by atoms with van der Waals surface area (Å²) in [4.78, 5) is 0. The molecule has 0 aliphatic heterocycles. The summed E-state index contributed by atoms with van der Waals surface area (Å²) in [6.45, 7) is 5.50. The summed E-state index contributed by atoms with van der Waals surface area (Å²) >= 11 is 0. The molecule has 0 saturated carbocycles. The lowest BCUT2D eigenvalue weighted by Crippen LogP contribution is -1.97. The van der Waals surface area contributed by atoms with E-state index in [1.807, 2.05) is 19.1 Å². The minimum absolute atomic E-state index is 0.202. The normalized spacial score (nSPS) is 14.2. The van der Waals surface area contributed by atoms with Crippen LogP contribution in [0.15, 0.2) is 24.8 Å². The van der Waals surface area contributed by atoms with Crippen molar-refractivity contribution < 1.29 is 4.74 Å². The van der Waals surface area contributed by atoms with Gasteiger partial charge in [0.05, 0.1) is 6.10 Å². The van der Waals surface area contributed by atoms with Crippen LogP contribution >= 0.6 is 0 Å². The smallest absolute Gasteiger partial charge is 0.0726 e. The molecule has 0 amide bonds. The zero-order valence-corrected chi connectivity index (χ0v) is 5.42. The van der Waals surface area contributed by atoms with E-state index in [1.165, 1.54) is 0 Å². The molecule has 0 rings (SSSR count). The van der Waals surface area contributed by atoms with Crippen LogP contribution in [-0.4, -0.2) is 13.2 Å². The second-order valence-corrected chi connectivity index (χ2v) is 1.56. The molecule has 0 fully saturated rings.